The molecule has 4 nitrogen and oxygen atoms in total. The summed E-state index contributed by atoms with van der Waals surface area (Å²) in [5.74, 6) is 0. The van der Waals surface area contributed by atoms with Gasteiger partial charge in [-0.1, -0.05) is 78.9 Å². The molecule has 3 aromatic carbocycles. The molecule has 0 amide bonds. The van der Waals surface area contributed by atoms with E-state index in [9.17, 15) is 0 Å². The van der Waals surface area contributed by atoms with Crippen LogP contribution in [0.1, 0.15) is 0 Å². The van der Waals surface area contributed by atoms with Crippen LogP contribution >= 0.6 is 0 Å². The van der Waals surface area contributed by atoms with E-state index in [1.807, 2.05) is 18.2 Å². The summed E-state index contributed by atoms with van der Waals surface area (Å²) in [5, 5.41) is 2.36. The van der Waals surface area contributed by atoms with E-state index in [4.69, 9.17) is 15.0 Å². The lowest BCUT2D eigenvalue weighted by atomic mass is 10.0. The highest BCUT2D eigenvalue weighted by atomic mass is 14.8. The van der Waals surface area contributed by atoms with E-state index in [0.29, 0.717) is 0 Å². The highest BCUT2D eigenvalue weighted by Crippen LogP contribution is 2.38. The number of nitrogens with one attached hydrogen (secondary N) is 1. The van der Waals surface area contributed by atoms with Crippen LogP contribution in [-0.4, -0.2) is 19.9 Å². The number of fused-ring (bicyclic) bond motifs is 11. The topological polar surface area (TPSA) is 54.5 Å². The van der Waals surface area contributed by atoms with Gasteiger partial charge in [0.05, 0.1) is 45.2 Å². The fraction of sp³-hybridized carbons (Fsp3) is 0. The molecule has 1 aliphatic heterocycles. The van der Waals surface area contributed by atoms with E-state index < -0.39 is 0 Å². The maximum Gasteiger partial charge on any atom is 0.0900 e. The molecule has 7 aromatic rings. The van der Waals surface area contributed by atoms with E-state index >= 15 is 0 Å². The summed E-state index contributed by atoms with van der Waals surface area (Å²) in [6.07, 6.45) is 0. The lowest BCUT2D eigenvalue weighted by Crippen LogP contribution is -1.96. The minimum absolute atomic E-state index is 0.823. The van der Waals surface area contributed by atoms with Crippen LogP contribution < -0.4 is 0 Å². The van der Waals surface area contributed by atoms with E-state index in [0.717, 1.165) is 67.5 Å². The summed E-state index contributed by atoms with van der Waals surface area (Å²) in [6.45, 7) is 0. The van der Waals surface area contributed by atoms with Gasteiger partial charge in [0.15, 0.2) is 0 Å². The molecule has 0 radical (unpaired) electrons. The number of pyridine rings is 3. The van der Waals surface area contributed by atoms with Gasteiger partial charge in [-0.2, -0.15) is 0 Å². The lowest BCUT2D eigenvalue weighted by molar-refractivity contribution is 1.22. The van der Waals surface area contributed by atoms with Gasteiger partial charge in [0.25, 0.3) is 0 Å². The Kier molecular flexibility index (Phi) is 4.19. The van der Waals surface area contributed by atoms with Crippen LogP contribution in [0.5, 0.6) is 0 Å². The Hall–Kier alpha value is -5.09. The van der Waals surface area contributed by atoms with Crippen LogP contribution in [0.2, 0.25) is 0 Å². The summed E-state index contributed by atoms with van der Waals surface area (Å²) in [4.78, 5) is 19.0. The first-order valence-corrected chi connectivity index (χ1v) is 12.4. The van der Waals surface area contributed by atoms with Gasteiger partial charge in [0.1, 0.15) is 0 Å². The van der Waals surface area contributed by atoms with E-state index in [-0.39, 0.29) is 0 Å². The first-order valence-electron chi connectivity index (χ1n) is 12.4. The molecule has 0 atom stereocenters. The lowest BCUT2D eigenvalue weighted by Gasteiger charge is -2.12. The molecular weight excluding hydrogens is 452 g/mol. The number of aromatic nitrogens is 4. The van der Waals surface area contributed by atoms with Crippen molar-refractivity contribution in [2.24, 2.45) is 0 Å². The normalized spacial score (nSPS) is 11.8. The standard InChI is InChI=1S/C33H20N4/c1-2-8-20(9-3-1)21-18-30-28-16-6-14-26(34-28)24-12-4-10-22-23-11-5-13-25(33(23)37-32(22)24)27-15-7-17-29(35-27)31(19-21)36-30/h1-19,37H. The van der Waals surface area contributed by atoms with Crippen molar-refractivity contribution in [2.75, 3.05) is 0 Å². The molecule has 1 N–H and O–H groups in total. The molecule has 5 heterocycles. The molecule has 4 heteroatoms. The second-order valence-electron chi connectivity index (χ2n) is 9.39. The van der Waals surface area contributed by atoms with Crippen LogP contribution in [0, 0.1) is 0 Å². The van der Waals surface area contributed by atoms with E-state index in [1.54, 1.807) is 0 Å². The molecule has 0 fully saturated rings. The molecule has 1 aliphatic rings. The van der Waals surface area contributed by atoms with E-state index in [1.165, 1.54) is 10.8 Å². The van der Waals surface area contributed by atoms with Gasteiger partial charge in [-0.3, -0.25) is 0 Å². The predicted molar refractivity (Wildman–Crippen MR) is 150 cm³/mol. The Balaban J connectivity index is 1.52. The number of aromatic amines is 1. The Bertz CT molecular complexity index is 1870. The molecule has 0 spiro atoms. The van der Waals surface area contributed by atoms with Gasteiger partial charge >= 0.3 is 0 Å². The molecule has 0 aliphatic carbocycles. The van der Waals surface area contributed by atoms with Crippen molar-refractivity contribution in [1.29, 1.82) is 0 Å². The third-order valence-corrected chi connectivity index (χ3v) is 7.18. The van der Waals surface area contributed by atoms with Crippen molar-refractivity contribution in [3.8, 4) is 56.4 Å². The Morgan fingerprint density at radius 2 is 0.865 bits per heavy atom. The minimum atomic E-state index is 0.823. The van der Waals surface area contributed by atoms with Gasteiger partial charge in [0.2, 0.25) is 0 Å². The average molecular weight is 473 g/mol. The third-order valence-electron chi connectivity index (χ3n) is 7.18. The summed E-state index contributed by atoms with van der Waals surface area (Å²) in [5.41, 5.74) is 11.7. The summed E-state index contributed by atoms with van der Waals surface area (Å²) < 4.78 is 0. The second kappa shape index (κ2) is 7.70. The Morgan fingerprint density at radius 3 is 1.43 bits per heavy atom. The highest BCUT2D eigenvalue weighted by Gasteiger charge is 2.17. The molecule has 0 unspecified atom stereocenters. The number of hydrogen-bond donors (Lipinski definition) is 1. The fourth-order valence-corrected chi connectivity index (χ4v) is 5.42. The van der Waals surface area contributed by atoms with E-state index in [2.05, 4.69) is 102 Å². The molecule has 37 heavy (non-hydrogen) atoms. The van der Waals surface area contributed by atoms with Crippen molar-refractivity contribution in [1.82, 2.24) is 19.9 Å². The Morgan fingerprint density at radius 1 is 0.378 bits per heavy atom. The molecule has 0 saturated heterocycles. The van der Waals surface area contributed by atoms with Crippen molar-refractivity contribution in [3.63, 3.8) is 0 Å². The van der Waals surface area contributed by atoms with Gasteiger partial charge in [-0.15, -0.1) is 0 Å². The summed E-state index contributed by atoms with van der Waals surface area (Å²) >= 11 is 0. The van der Waals surface area contributed by atoms with Crippen LogP contribution in [0.15, 0.2) is 115 Å². The predicted octanol–water partition coefficient (Wildman–Crippen LogP) is 8.15. The van der Waals surface area contributed by atoms with Crippen molar-refractivity contribution in [3.05, 3.63) is 115 Å². The van der Waals surface area contributed by atoms with Gasteiger partial charge < -0.3 is 4.98 Å². The zero-order chi connectivity index (χ0) is 24.3. The zero-order valence-corrected chi connectivity index (χ0v) is 19.8. The summed E-state index contributed by atoms with van der Waals surface area (Å²) in [6, 6.07) is 39.8. The molecule has 0 saturated carbocycles. The average Bonchev–Trinajstić information content (AvgIpc) is 3.36. The molecule has 8 rings (SSSR count). The first-order chi connectivity index (χ1) is 18.3. The van der Waals surface area contributed by atoms with Crippen LogP contribution in [0.25, 0.3) is 78.2 Å². The van der Waals surface area contributed by atoms with Crippen LogP contribution in [0.3, 0.4) is 0 Å². The largest absolute Gasteiger partial charge is 0.353 e. The molecular formula is C33H20N4. The zero-order valence-electron chi connectivity index (χ0n) is 19.8. The first kappa shape index (κ1) is 20.1. The highest BCUT2D eigenvalue weighted by molar-refractivity contribution is 6.15. The number of nitrogens with zero attached hydrogens (tertiary/aromatic N) is 3. The summed E-state index contributed by atoms with van der Waals surface area (Å²) in [7, 11) is 0. The fourth-order valence-electron chi connectivity index (χ4n) is 5.42. The molecule has 8 bridgehead atoms. The Labute approximate surface area is 213 Å². The van der Waals surface area contributed by atoms with Crippen molar-refractivity contribution < 1.29 is 0 Å². The number of para-hydroxylation sites is 2. The van der Waals surface area contributed by atoms with Crippen LogP contribution in [-0.2, 0) is 0 Å². The van der Waals surface area contributed by atoms with Crippen molar-refractivity contribution in [2.45, 2.75) is 0 Å². The number of H-pyrrole nitrogens is 1. The SMILES string of the molecule is c1ccc(-c2cc3nc(c2)-c2cccc(n2)-c2cccc4c2[nH]c2c(cccc24)-c2cccc-3n2)cc1. The maximum absolute atomic E-state index is 5.11. The molecule has 4 aromatic heterocycles. The molecule has 172 valence electrons. The smallest absolute Gasteiger partial charge is 0.0900 e. The maximum atomic E-state index is 5.11. The van der Waals surface area contributed by atoms with Gasteiger partial charge in [-0.05, 0) is 47.5 Å². The third kappa shape index (κ3) is 3.13. The van der Waals surface area contributed by atoms with Gasteiger partial charge in [0, 0.05) is 21.9 Å². The second-order valence-corrected chi connectivity index (χ2v) is 9.39. The van der Waals surface area contributed by atoms with Crippen LogP contribution in [0.4, 0.5) is 0 Å². The quantitative estimate of drug-likeness (QED) is 0.262. The number of benzene rings is 3. The number of rotatable bonds is 1. The van der Waals surface area contributed by atoms with Crippen molar-refractivity contribution >= 4 is 21.8 Å². The number of hydrogen-bond acceptors (Lipinski definition) is 3. The monoisotopic (exact) mass is 472 g/mol. The van der Waals surface area contributed by atoms with Gasteiger partial charge in [-0.25, -0.2) is 15.0 Å². The minimum Gasteiger partial charge on any atom is -0.353 e.